The lowest BCUT2D eigenvalue weighted by Crippen LogP contribution is -2.17. The van der Waals surface area contributed by atoms with E-state index in [1.165, 1.54) is 4.68 Å². The first kappa shape index (κ1) is 11.2. The molecule has 0 radical (unpaired) electrons. The fourth-order valence-electron chi connectivity index (χ4n) is 2.02. The van der Waals surface area contributed by atoms with Crippen molar-refractivity contribution in [2.75, 3.05) is 0 Å². The average molecular weight is 305 g/mol. The van der Waals surface area contributed by atoms with Crippen LogP contribution in [0.15, 0.2) is 39.9 Å². The monoisotopic (exact) mass is 304 g/mol. The summed E-state index contributed by atoms with van der Waals surface area (Å²) in [6.45, 7) is 1.90. The number of rotatable bonds is 1. The third kappa shape index (κ3) is 1.65. The van der Waals surface area contributed by atoms with Gasteiger partial charge >= 0.3 is 0 Å². The van der Waals surface area contributed by atoms with E-state index in [0.717, 1.165) is 20.9 Å². The standard InChI is InChI=1S/C12H9BrN4O/c1-7-9-6-8(13)2-3-10(9)15-12(18)11(7)17-5-4-14-16-17/h2-6H,1H3,(H,15,18). The fraction of sp³-hybridized carbons (Fsp3) is 0.0833. The Bertz CT molecular complexity index is 777. The average Bonchev–Trinajstić information content (AvgIpc) is 2.84. The molecule has 0 aliphatic heterocycles. The highest BCUT2D eigenvalue weighted by Gasteiger charge is 2.11. The van der Waals surface area contributed by atoms with Gasteiger partial charge in [0, 0.05) is 15.4 Å². The Balaban J connectivity index is 2.43. The third-order valence-electron chi connectivity index (χ3n) is 2.86. The predicted molar refractivity (Wildman–Crippen MR) is 71.9 cm³/mol. The summed E-state index contributed by atoms with van der Waals surface area (Å²) in [6, 6.07) is 5.74. The molecule has 0 saturated heterocycles. The van der Waals surface area contributed by atoms with Crippen molar-refractivity contribution in [3.63, 3.8) is 0 Å². The maximum atomic E-state index is 12.1. The Hall–Kier alpha value is -1.95. The zero-order valence-corrected chi connectivity index (χ0v) is 11.1. The Morgan fingerprint density at radius 2 is 2.22 bits per heavy atom. The predicted octanol–water partition coefficient (Wildman–Crippen LogP) is 2.18. The molecule has 0 aliphatic rings. The van der Waals surface area contributed by atoms with Gasteiger partial charge in [0.05, 0.1) is 12.4 Å². The Labute approximate surface area is 111 Å². The van der Waals surface area contributed by atoms with E-state index >= 15 is 0 Å². The zero-order valence-electron chi connectivity index (χ0n) is 9.51. The van der Waals surface area contributed by atoms with Crippen LogP contribution in [0.3, 0.4) is 0 Å². The normalized spacial score (nSPS) is 11.0. The SMILES string of the molecule is Cc1c(-n2ccnn2)c(=O)[nH]c2ccc(Br)cc12. The quantitative estimate of drug-likeness (QED) is 0.749. The molecule has 0 saturated carbocycles. The molecule has 0 unspecified atom stereocenters. The van der Waals surface area contributed by atoms with Gasteiger partial charge in [0.25, 0.3) is 5.56 Å². The van der Waals surface area contributed by atoms with Crippen molar-refractivity contribution in [3.8, 4) is 5.69 Å². The summed E-state index contributed by atoms with van der Waals surface area (Å²) in [4.78, 5) is 14.9. The maximum absolute atomic E-state index is 12.1. The molecular weight excluding hydrogens is 296 g/mol. The van der Waals surface area contributed by atoms with Gasteiger partial charge in [-0.05, 0) is 30.7 Å². The number of benzene rings is 1. The minimum absolute atomic E-state index is 0.173. The molecule has 1 aromatic carbocycles. The molecule has 2 aromatic heterocycles. The summed E-state index contributed by atoms with van der Waals surface area (Å²) in [7, 11) is 0. The lowest BCUT2D eigenvalue weighted by atomic mass is 10.1. The molecule has 6 heteroatoms. The van der Waals surface area contributed by atoms with Gasteiger partial charge in [-0.25, -0.2) is 4.68 Å². The van der Waals surface area contributed by atoms with Gasteiger partial charge < -0.3 is 4.98 Å². The van der Waals surface area contributed by atoms with E-state index in [2.05, 4.69) is 31.2 Å². The largest absolute Gasteiger partial charge is 0.320 e. The van der Waals surface area contributed by atoms with Crippen molar-refractivity contribution in [1.82, 2.24) is 20.0 Å². The second-order valence-corrected chi connectivity index (χ2v) is 4.88. The van der Waals surface area contributed by atoms with Gasteiger partial charge in [-0.2, -0.15) is 0 Å². The van der Waals surface area contributed by atoms with E-state index in [9.17, 15) is 4.79 Å². The zero-order chi connectivity index (χ0) is 12.7. The lowest BCUT2D eigenvalue weighted by molar-refractivity contribution is 0.790. The summed E-state index contributed by atoms with van der Waals surface area (Å²) in [6.07, 6.45) is 3.20. The molecule has 3 aromatic rings. The van der Waals surface area contributed by atoms with Crippen molar-refractivity contribution in [2.24, 2.45) is 0 Å². The summed E-state index contributed by atoms with van der Waals surface area (Å²) >= 11 is 3.43. The van der Waals surface area contributed by atoms with Crippen LogP contribution >= 0.6 is 15.9 Å². The first-order valence-electron chi connectivity index (χ1n) is 5.35. The Morgan fingerprint density at radius 3 is 2.94 bits per heavy atom. The number of fused-ring (bicyclic) bond motifs is 1. The number of halogens is 1. The van der Waals surface area contributed by atoms with Crippen molar-refractivity contribution in [3.05, 3.63) is 51.0 Å². The highest BCUT2D eigenvalue weighted by Crippen LogP contribution is 2.23. The van der Waals surface area contributed by atoms with Crippen LogP contribution in [0.4, 0.5) is 0 Å². The van der Waals surface area contributed by atoms with Crippen molar-refractivity contribution >= 4 is 26.8 Å². The van der Waals surface area contributed by atoms with Crippen LogP contribution in [0.1, 0.15) is 5.56 Å². The van der Waals surface area contributed by atoms with Crippen molar-refractivity contribution in [1.29, 1.82) is 0 Å². The van der Waals surface area contributed by atoms with Gasteiger partial charge in [0.1, 0.15) is 5.69 Å². The number of hydrogen-bond donors (Lipinski definition) is 1. The van der Waals surface area contributed by atoms with E-state index in [1.54, 1.807) is 12.4 Å². The number of nitrogens with zero attached hydrogens (tertiary/aromatic N) is 3. The molecule has 1 N–H and O–H groups in total. The van der Waals surface area contributed by atoms with Gasteiger partial charge in [-0.1, -0.05) is 21.1 Å². The van der Waals surface area contributed by atoms with Crippen LogP contribution in [0, 0.1) is 6.92 Å². The molecule has 3 rings (SSSR count). The van der Waals surface area contributed by atoms with Crippen LogP contribution in [0.2, 0.25) is 0 Å². The number of nitrogens with one attached hydrogen (secondary N) is 1. The van der Waals surface area contributed by atoms with Crippen LogP contribution < -0.4 is 5.56 Å². The van der Waals surface area contributed by atoms with Gasteiger partial charge in [0.2, 0.25) is 0 Å². The molecule has 0 bridgehead atoms. The molecule has 0 spiro atoms. The Kier molecular flexibility index (Phi) is 2.52. The second kappa shape index (κ2) is 4.06. The molecular formula is C12H9BrN4O. The van der Waals surface area contributed by atoms with E-state index in [4.69, 9.17) is 0 Å². The maximum Gasteiger partial charge on any atom is 0.274 e. The van der Waals surface area contributed by atoms with Gasteiger partial charge in [-0.15, -0.1) is 5.10 Å². The van der Waals surface area contributed by atoms with E-state index in [1.807, 2.05) is 25.1 Å². The van der Waals surface area contributed by atoms with Crippen LogP contribution in [0.25, 0.3) is 16.6 Å². The first-order chi connectivity index (χ1) is 8.66. The third-order valence-corrected chi connectivity index (χ3v) is 3.35. The Morgan fingerprint density at radius 1 is 1.39 bits per heavy atom. The highest BCUT2D eigenvalue weighted by atomic mass is 79.9. The van der Waals surface area contributed by atoms with Crippen LogP contribution in [0.5, 0.6) is 0 Å². The second-order valence-electron chi connectivity index (χ2n) is 3.97. The summed E-state index contributed by atoms with van der Waals surface area (Å²) in [5.74, 6) is 0. The molecule has 2 heterocycles. The molecule has 0 aliphatic carbocycles. The van der Waals surface area contributed by atoms with Crippen molar-refractivity contribution in [2.45, 2.75) is 6.92 Å². The molecule has 0 amide bonds. The van der Waals surface area contributed by atoms with Crippen LogP contribution in [-0.4, -0.2) is 20.0 Å². The van der Waals surface area contributed by atoms with Gasteiger partial charge in [0.15, 0.2) is 0 Å². The summed E-state index contributed by atoms with van der Waals surface area (Å²) in [5.41, 5.74) is 2.01. The van der Waals surface area contributed by atoms with E-state index in [0.29, 0.717) is 5.69 Å². The minimum Gasteiger partial charge on any atom is -0.320 e. The molecule has 90 valence electrons. The van der Waals surface area contributed by atoms with Crippen LogP contribution in [-0.2, 0) is 0 Å². The van der Waals surface area contributed by atoms with Gasteiger partial charge in [-0.3, -0.25) is 4.79 Å². The topological polar surface area (TPSA) is 63.6 Å². The highest BCUT2D eigenvalue weighted by molar-refractivity contribution is 9.10. The molecule has 18 heavy (non-hydrogen) atoms. The smallest absolute Gasteiger partial charge is 0.274 e. The number of hydrogen-bond acceptors (Lipinski definition) is 3. The fourth-order valence-corrected chi connectivity index (χ4v) is 2.38. The molecule has 0 fully saturated rings. The molecule has 5 nitrogen and oxygen atoms in total. The lowest BCUT2D eigenvalue weighted by Gasteiger charge is -2.08. The van der Waals surface area contributed by atoms with E-state index in [-0.39, 0.29) is 5.56 Å². The van der Waals surface area contributed by atoms with E-state index < -0.39 is 0 Å². The minimum atomic E-state index is -0.173. The summed E-state index contributed by atoms with van der Waals surface area (Å²) < 4.78 is 2.45. The first-order valence-corrected chi connectivity index (χ1v) is 6.15. The number of aromatic amines is 1. The molecule has 0 atom stereocenters. The number of aryl methyl sites for hydroxylation is 1. The number of H-pyrrole nitrogens is 1. The number of pyridine rings is 1. The number of aromatic nitrogens is 4. The van der Waals surface area contributed by atoms with Crippen molar-refractivity contribution < 1.29 is 0 Å². The summed E-state index contributed by atoms with van der Waals surface area (Å²) in [5, 5.41) is 8.58.